The van der Waals surface area contributed by atoms with Crippen molar-refractivity contribution in [2.24, 2.45) is 0 Å². The van der Waals surface area contributed by atoms with Crippen LogP contribution in [0.1, 0.15) is 40.9 Å². The van der Waals surface area contributed by atoms with Gasteiger partial charge in [-0.3, -0.25) is 14.4 Å². The fourth-order valence-electron chi connectivity index (χ4n) is 3.27. The second kappa shape index (κ2) is 10.0. The summed E-state index contributed by atoms with van der Waals surface area (Å²) in [5, 5.41) is 0. The molecule has 9 nitrogen and oxygen atoms in total. The first kappa shape index (κ1) is 24.5. The molecule has 2 aromatic carbocycles. The summed E-state index contributed by atoms with van der Waals surface area (Å²) in [5.41, 5.74) is 0.699. The molecule has 0 amide bonds. The summed E-state index contributed by atoms with van der Waals surface area (Å²) in [6, 6.07) is 3.01. The number of benzene rings is 2. The van der Waals surface area contributed by atoms with Gasteiger partial charge in [0, 0.05) is 37.1 Å². The third-order valence-electron chi connectivity index (χ3n) is 4.72. The molecule has 0 aliphatic heterocycles. The molecular formula is C23H26O9. The van der Waals surface area contributed by atoms with Crippen LogP contribution in [-0.2, 0) is 9.59 Å². The highest BCUT2D eigenvalue weighted by atomic mass is 16.5. The van der Waals surface area contributed by atoms with E-state index in [0.717, 1.165) is 0 Å². The van der Waals surface area contributed by atoms with E-state index in [1.807, 2.05) is 0 Å². The van der Waals surface area contributed by atoms with Gasteiger partial charge in [0.15, 0.2) is 11.5 Å². The first-order valence-corrected chi connectivity index (χ1v) is 9.53. The van der Waals surface area contributed by atoms with E-state index in [1.165, 1.54) is 54.4 Å². The molecule has 0 aromatic heterocycles. The highest BCUT2D eigenvalue weighted by Crippen LogP contribution is 2.45. The van der Waals surface area contributed by atoms with Crippen LogP contribution in [-0.4, -0.2) is 46.2 Å². The standard InChI is InChI=1S/C23H26O9/c1-11-15(27-5)9-17(29-7)19(22(11)31-13(3)24)21(26)20-18(30-8)10-16(28-6)12(2)23(20)32-14(4)25/h9-10H,1-8H3. The molecule has 0 unspecified atom stereocenters. The Bertz CT molecular complexity index is 987. The van der Waals surface area contributed by atoms with Gasteiger partial charge in [-0.15, -0.1) is 0 Å². The maximum Gasteiger partial charge on any atom is 0.308 e. The summed E-state index contributed by atoms with van der Waals surface area (Å²) in [5.74, 6) is -1.11. The van der Waals surface area contributed by atoms with Crippen LogP contribution in [0.3, 0.4) is 0 Å². The maximum atomic E-state index is 13.9. The molecule has 0 radical (unpaired) electrons. The monoisotopic (exact) mass is 446 g/mol. The van der Waals surface area contributed by atoms with Gasteiger partial charge in [-0.05, 0) is 13.8 Å². The number of methoxy groups -OCH3 is 4. The molecule has 172 valence electrons. The second-order valence-electron chi connectivity index (χ2n) is 6.74. The predicted octanol–water partition coefficient (Wildman–Crippen LogP) is 3.42. The molecule has 0 heterocycles. The van der Waals surface area contributed by atoms with E-state index in [9.17, 15) is 14.4 Å². The van der Waals surface area contributed by atoms with Crippen LogP contribution in [0.5, 0.6) is 34.5 Å². The molecule has 0 aliphatic rings. The van der Waals surface area contributed by atoms with E-state index >= 15 is 0 Å². The number of hydrogen-bond donors (Lipinski definition) is 0. The van der Waals surface area contributed by atoms with Crippen molar-refractivity contribution in [2.45, 2.75) is 27.7 Å². The van der Waals surface area contributed by atoms with Crippen LogP contribution in [0.25, 0.3) is 0 Å². The Labute approximate surface area is 186 Å². The molecule has 32 heavy (non-hydrogen) atoms. The lowest BCUT2D eigenvalue weighted by Crippen LogP contribution is -2.16. The number of hydrogen-bond acceptors (Lipinski definition) is 9. The number of carbonyl (C=O) groups is 3. The van der Waals surface area contributed by atoms with Gasteiger partial charge in [-0.25, -0.2) is 0 Å². The Morgan fingerprint density at radius 3 is 1.16 bits per heavy atom. The fraction of sp³-hybridized carbons (Fsp3) is 0.348. The van der Waals surface area contributed by atoms with Crippen molar-refractivity contribution in [3.05, 3.63) is 34.4 Å². The average Bonchev–Trinajstić information content (AvgIpc) is 2.75. The van der Waals surface area contributed by atoms with Crippen LogP contribution in [0.15, 0.2) is 12.1 Å². The molecule has 9 heteroatoms. The minimum atomic E-state index is -0.650. The lowest BCUT2D eigenvalue weighted by atomic mass is 9.95. The number of ketones is 1. The molecule has 0 bridgehead atoms. The zero-order chi connectivity index (χ0) is 24.2. The zero-order valence-corrected chi connectivity index (χ0v) is 19.3. The molecule has 0 N–H and O–H groups in total. The zero-order valence-electron chi connectivity index (χ0n) is 19.3. The first-order chi connectivity index (χ1) is 15.1. The number of ether oxygens (including phenoxy) is 6. The molecular weight excluding hydrogens is 420 g/mol. The molecule has 0 saturated carbocycles. The third kappa shape index (κ3) is 4.61. The molecule has 0 spiro atoms. The van der Waals surface area contributed by atoms with Crippen LogP contribution in [0, 0.1) is 13.8 Å². The first-order valence-electron chi connectivity index (χ1n) is 9.53. The Morgan fingerprint density at radius 1 is 0.594 bits per heavy atom. The Hall–Kier alpha value is -3.75. The van der Waals surface area contributed by atoms with E-state index in [0.29, 0.717) is 22.6 Å². The summed E-state index contributed by atoms with van der Waals surface area (Å²) in [7, 11) is 5.61. The second-order valence-corrected chi connectivity index (χ2v) is 6.74. The van der Waals surface area contributed by atoms with Crippen LogP contribution < -0.4 is 28.4 Å². The number of esters is 2. The van der Waals surface area contributed by atoms with Crippen molar-refractivity contribution in [2.75, 3.05) is 28.4 Å². The van der Waals surface area contributed by atoms with Gasteiger partial charge in [-0.2, -0.15) is 0 Å². The minimum absolute atomic E-state index is 0.0389. The highest BCUT2D eigenvalue weighted by molar-refractivity contribution is 6.17. The van der Waals surface area contributed by atoms with Gasteiger partial charge in [-0.1, -0.05) is 0 Å². The van der Waals surface area contributed by atoms with Gasteiger partial charge in [0.25, 0.3) is 0 Å². The lowest BCUT2D eigenvalue weighted by molar-refractivity contribution is -0.132. The molecule has 0 atom stereocenters. The van der Waals surface area contributed by atoms with E-state index in [4.69, 9.17) is 28.4 Å². The van der Waals surface area contributed by atoms with Gasteiger partial charge in [0.1, 0.15) is 34.1 Å². The van der Waals surface area contributed by atoms with E-state index in [-0.39, 0.29) is 34.1 Å². The SMILES string of the molecule is COc1cc(OC)c(C(=O)c2c(OC)cc(OC)c(C)c2OC(C)=O)c(OC(C)=O)c1C. The number of carbonyl (C=O) groups excluding carboxylic acids is 3. The van der Waals surface area contributed by atoms with Gasteiger partial charge >= 0.3 is 11.9 Å². The summed E-state index contributed by atoms with van der Waals surface area (Å²) in [6.07, 6.45) is 0. The lowest BCUT2D eigenvalue weighted by Gasteiger charge is -2.21. The highest BCUT2D eigenvalue weighted by Gasteiger charge is 2.32. The molecule has 2 rings (SSSR count). The van der Waals surface area contributed by atoms with E-state index in [2.05, 4.69) is 0 Å². The van der Waals surface area contributed by atoms with Crippen LogP contribution >= 0.6 is 0 Å². The van der Waals surface area contributed by atoms with E-state index < -0.39 is 17.7 Å². The van der Waals surface area contributed by atoms with Crippen molar-refractivity contribution >= 4 is 17.7 Å². The Morgan fingerprint density at radius 2 is 0.906 bits per heavy atom. The van der Waals surface area contributed by atoms with Crippen LogP contribution in [0.2, 0.25) is 0 Å². The maximum absolute atomic E-state index is 13.9. The molecule has 2 aromatic rings. The van der Waals surface area contributed by atoms with Crippen molar-refractivity contribution in [3.63, 3.8) is 0 Å². The normalized spacial score (nSPS) is 10.2. The van der Waals surface area contributed by atoms with Gasteiger partial charge in [0.05, 0.1) is 28.4 Å². The third-order valence-corrected chi connectivity index (χ3v) is 4.72. The van der Waals surface area contributed by atoms with Crippen molar-refractivity contribution in [3.8, 4) is 34.5 Å². The minimum Gasteiger partial charge on any atom is -0.496 e. The topological polar surface area (TPSA) is 107 Å². The van der Waals surface area contributed by atoms with E-state index in [1.54, 1.807) is 13.8 Å². The van der Waals surface area contributed by atoms with Crippen molar-refractivity contribution in [1.29, 1.82) is 0 Å². The molecule has 0 fully saturated rings. The molecule has 0 saturated heterocycles. The summed E-state index contributed by atoms with van der Waals surface area (Å²) in [6.45, 7) is 5.69. The fourth-order valence-corrected chi connectivity index (χ4v) is 3.27. The predicted molar refractivity (Wildman–Crippen MR) is 115 cm³/mol. The molecule has 0 aliphatic carbocycles. The van der Waals surface area contributed by atoms with Crippen LogP contribution in [0.4, 0.5) is 0 Å². The smallest absolute Gasteiger partial charge is 0.308 e. The average molecular weight is 446 g/mol. The van der Waals surface area contributed by atoms with Gasteiger partial charge < -0.3 is 28.4 Å². The van der Waals surface area contributed by atoms with Crippen molar-refractivity contribution in [1.82, 2.24) is 0 Å². The largest absolute Gasteiger partial charge is 0.496 e. The quantitative estimate of drug-likeness (QED) is 0.342. The van der Waals surface area contributed by atoms with Gasteiger partial charge in [0.2, 0.25) is 5.78 Å². The summed E-state index contributed by atoms with van der Waals surface area (Å²) in [4.78, 5) is 37.5. The summed E-state index contributed by atoms with van der Waals surface area (Å²) >= 11 is 0. The number of rotatable bonds is 8. The van der Waals surface area contributed by atoms with Crippen molar-refractivity contribution < 1.29 is 42.8 Å². The Balaban J connectivity index is 2.96. The Kier molecular flexibility index (Phi) is 7.69. The summed E-state index contributed by atoms with van der Waals surface area (Å²) < 4.78 is 32.2.